The molecule has 5 nitrogen and oxygen atoms in total. The van der Waals surface area contributed by atoms with Crippen molar-refractivity contribution in [1.29, 1.82) is 0 Å². The van der Waals surface area contributed by atoms with Crippen LogP contribution in [0.5, 0.6) is 0 Å². The van der Waals surface area contributed by atoms with Crippen molar-refractivity contribution in [3.05, 3.63) is 35.7 Å². The van der Waals surface area contributed by atoms with Crippen LogP contribution in [0.3, 0.4) is 0 Å². The van der Waals surface area contributed by atoms with E-state index in [0.717, 1.165) is 5.69 Å². The first-order valence-electron chi connectivity index (χ1n) is 5.08. The fourth-order valence-electron chi connectivity index (χ4n) is 1.43. The monoisotopic (exact) mass is 271 g/mol. The first-order chi connectivity index (χ1) is 8.09. The number of nitrogens with zero attached hydrogens (tertiary/aromatic N) is 2. The molecule has 2 aromatic rings. The number of rotatable bonds is 5. The second kappa shape index (κ2) is 4.99. The van der Waals surface area contributed by atoms with Gasteiger partial charge in [0, 0.05) is 31.9 Å². The number of aromatic nitrogens is 2. The Balaban J connectivity index is 1.93. The highest BCUT2D eigenvalue weighted by Gasteiger charge is 2.14. The van der Waals surface area contributed by atoms with Gasteiger partial charge in [0.1, 0.15) is 4.21 Å². The molecule has 0 fully saturated rings. The smallest absolute Gasteiger partial charge is 0.250 e. The summed E-state index contributed by atoms with van der Waals surface area (Å²) in [6, 6.07) is 3.32. The molecule has 0 bridgehead atoms. The number of imidazole rings is 1. The summed E-state index contributed by atoms with van der Waals surface area (Å²) in [4.78, 5) is 3.97. The minimum Gasteiger partial charge on any atom is -0.338 e. The highest BCUT2D eigenvalue weighted by Crippen LogP contribution is 2.15. The van der Waals surface area contributed by atoms with E-state index in [1.165, 1.54) is 11.3 Å². The standard InChI is InChI=1S/C10H13N3O2S2/c1-13-8-11-7-9(13)4-5-12-17(14,15)10-3-2-6-16-10/h2-3,6-8,12H,4-5H2,1H3. The van der Waals surface area contributed by atoms with Crippen molar-refractivity contribution >= 4 is 21.4 Å². The van der Waals surface area contributed by atoms with E-state index >= 15 is 0 Å². The number of hydrogen-bond donors (Lipinski definition) is 1. The zero-order valence-electron chi connectivity index (χ0n) is 9.33. The van der Waals surface area contributed by atoms with Crippen molar-refractivity contribution < 1.29 is 8.42 Å². The van der Waals surface area contributed by atoms with Gasteiger partial charge in [-0.3, -0.25) is 0 Å². The third-order valence-electron chi connectivity index (χ3n) is 2.35. The van der Waals surface area contributed by atoms with Crippen LogP contribution in [0, 0.1) is 0 Å². The van der Waals surface area contributed by atoms with E-state index in [0.29, 0.717) is 17.2 Å². The van der Waals surface area contributed by atoms with Crippen LogP contribution in [0.2, 0.25) is 0 Å². The molecule has 0 spiro atoms. The fraction of sp³-hybridized carbons (Fsp3) is 0.300. The van der Waals surface area contributed by atoms with Gasteiger partial charge in [-0.1, -0.05) is 6.07 Å². The van der Waals surface area contributed by atoms with E-state index in [1.807, 2.05) is 11.6 Å². The lowest BCUT2D eigenvalue weighted by atomic mass is 10.3. The fourth-order valence-corrected chi connectivity index (χ4v) is 3.50. The van der Waals surface area contributed by atoms with Gasteiger partial charge in [0.2, 0.25) is 10.0 Å². The number of thiophene rings is 1. The highest BCUT2D eigenvalue weighted by atomic mass is 32.2. The molecular weight excluding hydrogens is 258 g/mol. The predicted octanol–water partition coefficient (Wildman–Crippen LogP) is 1.00. The van der Waals surface area contributed by atoms with Crippen LogP contribution in [-0.4, -0.2) is 24.5 Å². The molecular formula is C10H13N3O2S2. The van der Waals surface area contributed by atoms with E-state index in [4.69, 9.17) is 0 Å². The molecule has 0 aliphatic carbocycles. The Bertz CT molecular complexity index is 572. The summed E-state index contributed by atoms with van der Waals surface area (Å²) < 4.78 is 28.4. The van der Waals surface area contributed by atoms with Gasteiger partial charge in [0.25, 0.3) is 0 Å². The van der Waals surface area contributed by atoms with Crippen molar-refractivity contribution in [2.45, 2.75) is 10.6 Å². The Hall–Kier alpha value is -1.18. The minimum absolute atomic E-state index is 0.350. The first kappa shape index (κ1) is 12.3. The van der Waals surface area contributed by atoms with Crippen molar-refractivity contribution in [2.75, 3.05) is 6.54 Å². The van der Waals surface area contributed by atoms with Crippen LogP contribution in [-0.2, 0) is 23.5 Å². The van der Waals surface area contributed by atoms with Gasteiger partial charge in [0.05, 0.1) is 6.33 Å². The van der Waals surface area contributed by atoms with Gasteiger partial charge >= 0.3 is 0 Å². The molecule has 0 unspecified atom stereocenters. The highest BCUT2D eigenvalue weighted by molar-refractivity contribution is 7.91. The molecule has 1 N–H and O–H groups in total. The summed E-state index contributed by atoms with van der Waals surface area (Å²) in [5, 5.41) is 1.75. The summed E-state index contributed by atoms with van der Waals surface area (Å²) in [5.41, 5.74) is 0.999. The summed E-state index contributed by atoms with van der Waals surface area (Å²) in [7, 11) is -1.46. The molecule has 92 valence electrons. The van der Waals surface area contributed by atoms with Crippen molar-refractivity contribution in [2.24, 2.45) is 7.05 Å². The van der Waals surface area contributed by atoms with Crippen molar-refractivity contribution in [3.8, 4) is 0 Å². The van der Waals surface area contributed by atoms with Crippen LogP contribution < -0.4 is 4.72 Å². The summed E-state index contributed by atoms with van der Waals surface area (Å²) in [6.45, 7) is 0.375. The maximum Gasteiger partial charge on any atom is 0.250 e. The van der Waals surface area contributed by atoms with Gasteiger partial charge in [-0.2, -0.15) is 0 Å². The maximum absolute atomic E-state index is 11.8. The largest absolute Gasteiger partial charge is 0.338 e. The molecule has 0 radical (unpaired) electrons. The molecule has 0 saturated carbocycles. The van der Waals surface area contributed by atoms with Crippen LogP contribution in [0.4, 0.5) is 0 Å². The molecule has 2 rings (SSSR count). The maximum atomic E-state index is 11.8. The van der Waals surface area contributed by atoms with Crippen LogP contribution in [0.15, 0.2) is 34.2 Å². The Morgan fingerprint density at radius 1 is 1.53 bits per heavy atom. The van der Waals surface area contributed by atoms with Gasteiger partial charge < -0.3 is 4.57 Å². The second-order valence-corrected chi connectivity index (χ2v) is 6.52. The Morgan fingerprint density at radius 3 is 2.94 bits per heavy atom. The van der Waals surface area contributed by atoms with Gasteiger partial charge in [-0.05, 0) is 11.4 Å². The first-order valence-corrected chi connectivity index (χ1v) is 7.44. The zero-order valence-corrected chi connectivity index (χ0v) is 11.0. The van der Waals surface area contributed by atoms with Crippen LogP contribution in [0.25, 0.3) is 0 Å². The van der Waals surface area contributed by atoms with Gasteiger partial charge in [0.15, 0.2) is 0 Å². The summed E-state index contributed by atoms with van der Waals surface area (Å²) >= 11 is 1.21. The molecule has 17 heavy (non-hydrogen) atoms. The second-order valence-electron chi connectivity index (χ2n) is 3.58. The third kappa shape index (κ3) is 2.93. The van der Waals surface area contributed by atoms with E-state index < -0.39 is 10.0 Å². The molecule has 0 atom stereocenters. The molecule has 2 heterocycles. The van der Waals surface area contributed by atoms with E-state index in [9.17, 15) is 8.42 Å². The number of aryl methyl sites for hydroxylation is 1. The van der Waals surface area contributed by atoms with Crippen molar-refractivity contribution in [3.63, 3.8) is 0 Å². The lowest BCUT2D eigenvalue weighted by Crippen LogP contribution is -2.25. The average molecular weight is 271 g/mol. The summed E-state index contributed by atoms with van der Waals surface area (Å²) in [5.74, 6) is 0. The molecule has 7 heteroatoms. The molecule has 0 amide bonds. The summed E-state index contributed by atoms with van der Waals surface area (Å²) in [6.07, 6.45) is 4.06. The lowest BCUT2D eigenvalue weighted by molar-refractivity contribution is 0.583. The van der Waals surface area contributed by atoms with Crippen LogP contribution >= 0.6 is 11.3 Å². The molecule has 0 aliphatic rings. The zero-order chi connectivity index (χ0) is 12.3. The Morgan fingerprint density at radius 2 is 2.35 bits per heavy atom. The SMILES string of the molecule is Cn1cncc1CCNS(=O)(=O)c1cccs1. The Labute approximate surface area is 104 Å². The Kier molecular flexibility index (Phi) is 3.60. The van der Waals surface area contributed by atoms with Crippen molar-refractivity contribution in [1.82, 2.24) is 14.3 Å². The van der Waals surface area contributed by atoms with Crippen LogP contribution in [0.1, 0.15) is 5.69 Å². The number of nitrogens with one attached hydrogen (secondary N) is 1. The molecule has 0 aliphatic heterocycles. The topological polar surface area (TPSA) is 64.0 Å². The quantitative estimate of drug-likeness (QED) is 0.882. The normalized spacial score (nSPS) is 11.8. The third-order valence-corrected chi connectivity index (χ3v) is 5.21. The van der Waals surface area contributed by atoms with Gasteiger partial charge in [-0.15, -0.1) is 11.3 Å². The predicted molar refractivity (Wildman–Crippen MR) is 66.4 cm³/mol. The molecule has 2 aromatic heterocycles. The van der Waals surface area contributed by atoms with E-state index in [1.54, 1.807) is 30.0 Å². The number of hydrogen-bond acceptors (Lipinski definition) is 4. The van der Waals surface area contributed by atoms with E-state index in [2.05, 4.69) is 9.71 Å². The van der Waals surface area contributed by atoms with Gasteiger partial charge in [-0.25, -0.2) is 18.1 Å². The molecule has 0 aromatic carbocycles. The minimum atomic E-state index is -3.34. The lowest BCUT2D eigenvalue weighted by Gasteiger charge is -2.05. The molecule has 0 saturated heterocycles. The number of sulfonamides is 1. The van der Waals surface area contributed by atoms with E-state index in [-0.39, 0.29) is 0 Å². The average Bonchev–Trinajstić information content (AvgIpc) is 2.90.